The maximum Gasteiger partial charge on any atom is 0.170 e. The molecule has 1 aromatic carbocycles. The molecule has 0 bridgehead atoms. The molecule has 0 saturated carbocycles. The highest BCUT2D eigenvalue weighted by Gasteiger charge is 2.15. The number of aryl methyl sites for hydroxylation is 2. The number of aromatic nitrogens is 2. The zero-order chi connectivity index (χ0) is 13.3. The molecule has 0 fully saturated rings. The molecule has 1 heterocycles. The van der Waals surface area contributed by atoms with Gasteiger partial charge in [0.15, 0.2) is 5.78 Å². The van der Waals surface area contributed by atoms with Crippen molar-refractivity contribution in [3.05, 3.63) is 51.3 Å². The van der Waals surface area contributed by atoms with Crippen molar-refractivity contribution in [3.8, 4) is 0 Å². The lowest BCUT2D eigenvalue weighted by atomic mass is 10.0. The van der Waals surface area contributed by atoms with Crippen LogP contribution in [0.1, 0.15) is 21.6 Å². The first kappa shape index (κ1) is 13.1. The Kier molecular flexibility index (Phi) is 3.73. The molecule has 1 aromatic heterocycles. The normalized spacial score (nSPS) is 10.7. The van der Waals surface area contributed by atoms with Crippen LogP contribution in [0.25, 0.3) is 0 Å². The fraction of sp³-hybridized carbons (Fsp3) is 0.231. The number of hydrogen-bond donors (Lipinski definition) is 0. The van der Waals surface area contributed by atoms with Gasteiger partial charge in [0.05, 0.1) is 21.3 Å². The summed E-state index contributed by atoms with van der Waals surface area (Å²) in [7, 11) is 1.79. The average molecular weight is 283 g/mol. The van der Waals surface area contributed by atoms with Crippen molar-refractivity contribution >= 4 is 29.0 Å². The Bertz CT molecular complexity index is 605. The van der Waals surface area contributed by atoms with Crippen LogP contribution in [0.15, 0.2) is 24.4 Å². The van der Waals surface area contributed by atoms with Gasteiger partial charge in [0.25, 0.3) is 0 Å². The highest BCUT2D eigenvalue weighted by molar-refractivity contribution is 6.42. The van der Waals surface area contributed by atoms with Crippen LogP contribution in [-0.4, -0.2) is 15.6 Å². The number of Topliss-reactive ketones (excluding diaryl/α,β-unsaturated/α-hetero) is 1. The van der Waals surface area contributed by atoms with Gasteiger partial charge in [0.2, 0.25) is 0 Å². The minimum Gasteiger partial charge on any atom is -0.294 e. The van der Waals surface area contributed by atoms with E-state index in [1.54, 1.807) is 36.1 Å². The maximum absolute atomic E-state index is 12.2. The van der Waals surface area contributed by atoms with E-state index in [1.807, 2.05) is 6.92 Å². The number of ketones is 1. The first-order valence-electron chi connectivity index (χ1n) is 5.45. The van der Waals surface area contributed by atoms with E-state index < -0.39 is 0 Å². The highest BCUT2D eigenvalue weighted by Crippen LogP contribution is 2.26. The Morgan fingerprint density at radius 3 is 2.72 bits per heavy atom. The third-order valence-electron chi connectivity index (χ3n) is 2.70. The number of benzene rings is 1. The Balaban J connectivity index is 2.27. The van der Waals surface area contributed by atoms with Gasteiger partial charge in [0, 0.05) is 19.7 Å². The molecule has 0 saturated heterocycles. The molecule has 0 aliphatic heterocycles. The fourth-order valence-corrected chi connectivity index (χ4v) is 2.21. The van der Waals surface area contributed by atoms with Crippen LogP contribution in [0.4, 0.5) is 0 Å². The van der Waals surface area contributed by atoms with Gasteiger partial charge in [-0.3, -0.25) is 9.48 Å². The van der Waals surface area contributed by atoms with Gasteiger partial charge in [-0.2, -0.15) is 5.10 Å². The van der Waals surface area contributed by atoms with E-state index in [2.05, 4.69) is 5.10 Å². The fourth-order valence-electron chi connectivity index (χ4n) is 1.83. The summed E-state index contributed by atoms with van der Waals surface area (Å²) in [6.07, 6.45) is 1.95. The summed E-state index contributed by atoms with van der Waals surface area (Å²) in [5.41, 5.74) is 2.08. The van der Waals surface area contributed by atoms with Crippen molar-refractivity contribution in [2.45, 2.75) is 13.3 Å². The molecule has 0 aliphatic carbocycles. The van der Waals surface area contributed by atoms with Crippen LogP contribution in [0.2, 0.25) is 10.0 Å². The molecule has 0 aliphatic rings. The van der Waals surface area contributed by atoms with Crippen LogP contribution < -0.4 is 0 Å². The zero-order valence-corrected chi connectivity index (χ0v) is 11.6. The van der Waals surface area contributed by atoms with Crippen molar-refractivity contribution in [3.63, 3.8) is 0 Å². The van der Waals surface area contributed by atoms with E-state index >= 15 is 0 Å². The van der Waals surface area contributed by atoms with E-state index in [-0.39, 0.29) is 12.2 Å². The monoisotopic (exact) mass is 282 g/mol. The number of carbonyl (C=O) groups is 1. The van der Waals surface area contributed by atoms with Crippen molar-refractivity contribution in [1.82, 2.24) is 9.78 Å². The van der Waals surface area contributed by atoms with Crippen LogP contribution in [0.3, 0.4) is 0 Å². The minimum atomic E-state index is -0.00948. The molecule has 0 amide bonds. The molecule has 0 spiro atoms. The predicted molar refractivity (Wildman–Crippen MR) is 72.4 cm³/mol. The first-order chi connectivity index (χ1) is 8.49. The lowest BCUT2D eigenvalue weighted by Gasteiger charge is -2.04. The Morgan fingerprint density at radius 1 is 1.39 bits per heavy atom. The van der Waals surface area contributed by atoms with Crippen LogP contribution >= 0.6 is 23.2 Å². The maximum atomic E-state index is 12.2. The van der Waals surface area contributed by atoms with Gasteiger partial charge in [-0.05, 0) is 18.6 Å². The molecule has 2 rings (SSSR count). The molecule has 3 nitrogen and oxygen atoms in total. The summed E-state index contributed by atoms with van der Waals surface area (Å²) in [5, 5.41) is 5.05. The summed E-state index contributed by atoms with van der Waals surface area (Å²) in [6, 6.07) is 5.29. The van der Waals surface area contributed by atoms with Crippen molar-refractivity contribution < 1.29 is 4.79 Å². The molecular formula is C13H12Cl2N2O. The number of nitrogens with zero attached hydrogens (tertiary/aromatic N) is 2. The van der Waals surface area contributed by atoms with Crippen molar-refractivity contribution in [1.29, 1.82) is 0 Å². The van der Waals surface area contributed by atoms with Crippen molar-refractivity contribution in [2.75, 3.05) is 0 Å². The third-order valence-corrected chi connectivity index (χ3v) is 3.55. The van der Waals surface area contributed by atoms with E-state index in [4.69, 9.17) is 23.2 Å². The number of halogens is 2. The Hall–Kier alpha value is -1.32. The van der Waals surface area contributed by atoms with Gasteiger partial charge in [-0.1, -0.05) is 35.3 Å². The molecular weight excluding hydrogens is 271 g/mol. The largest absolute Gasteiger partial charge is 0.294 e. The zero-order valence-electron chi connectivity index (χ0n) is 10.1. The summed E-state index contributed by atoms with van der Waals surface area (Å²) in [6.45, 7) is 1.81. The second-order valence-corrected chi connectivity index (χ2v) is 4.90. The van der Waals surface area contributed by atoms with Crippen LogP contribution in [0, 0.1) is 6.92 Å². The van der Waals surface area contributed by atoms with E-state index in [1.165, 1.54) is 0 Å². The summed E-state index contributed by atoms with van der Waals surface area (Å²) < 4.78 is 1.63. The number of rotatable bonds is 3. The lowest BCUT2D eigenvalue weighted by Crippen LogP contribution is -2.04. The smallest absolute Gasteiger partial charge is 0.170 e. The molecule has 0 radical (unpaired) electrons. The Labute approximate surface area is 115 Å². The summed E-state index contributed by atoms with van der Waals surface area (Å²) in [4.78, 5) is 12.2. The van der Waals surface area contributed by atoms with Gasteiger partial charge in [0.1, 0.15) is 0 Å². The number of hydrogen-bond acceptors (Lipinski definition) is 2. The van der Waals surface area contributed by atoms with Crippen LogP contribution in [0.5, 0.6) is 0 Å². The summed E-state index contributed by atoms with van der Waals surface area (Å²) in [5.74, 6) is -0.00948. The van der Waals surface area contributed by atoms with E-state index in [9.17, 15) is 4.79 Å². The quantitative estimate of drug-likeness (QED) is 0.808. The highest BCUT2D eigenvalue weighted by atomic mass is 35.5. The van der Waals surface area contributed by atoms with E-state index in [0.717, 1.165) is 11.3 Å². The molecule has 5 heteroatoms. The molecule has 0 atom stereocenters. The van der Waals surface area contributed by atoms with E-state index in [0.29, 0.717) is 15.6 Å². The lowest BCUT2D eigenvalue weighted by molar-refractivity contribution is 0.0992. The van der Waals surface area contributed by atoms with Gasteiger partial charge >= 0.3 is 0 Å². The second kappa shape index (κ2) is 5.12. The molecule has 18 heavy (non-hydrogen) atoms. The second-order valence-electron chi connectivity index (χ2n) is 4.11. The summed E-state index contributed by atoms with van der Waals surface area (Å²) >= 11 is 12.0. The topological polar surface area (TPSA) is 34.9 Å². The van der Waals surface area contributed by atoms with Gasteiger partial charge in [-0.15, -0.1) is 0 Å². The predicted octanol–water partition coefficient (Wildman–Crippen LogP) is 3.46. The number of carbonyl (C=O) groups excluding carboxylic acids is 1. The van der Waals surface area contributed by atoms with Crippen LogP contribution in [-0.2, 0) is 13.5 Å². The van der Waals surface area contributed by atoms with Crippen molar-refractivity contribution in [2.24, 2.45) is 7.05 Å². The molecule has 94 valence electrons. The van der Waals surface area contributed by atoms with Gasteiger partial charge in [-0.25, -0.2) is 0 Å². The molecule has 2 aromatic rings. The SMILES string of the molecule is Cc1nn(C)cc1C(=O)Cc1cccc(Cl)c1Cl. The Morgan fingerprint density at radius 2 is 2.11 bits per heavy atom. The van der Waals surface area contributed by atoms with Gasteiger partial charge < -0.3 is 0 Å². The molecule has 0 unspecified atom stereocenters. The average Bonchev–Trinajstić information content (AvgIpc) is 2.64. The minimum absolute atomic E-state index is 0.00948. The standard InChI is InChI=1S/C13H12Cl2N2O/c1-8-10(7-17(2)16-8)12(18)6-9-4-3-5-11(14)13(9)15/h3-5,7H,6H2,1-2H3. The molecule has 0 N–H and O–H groups in total. The first-order valence-corrected chi connectivity index (χ1v) is 6.21. The third kappa shape index (κ3) is 2.57.